The van der Waals surface area contributed by atoms with Crippen LogP contribution in [0.1, 0.15) is 40.5 Å². The molecular formula is C29H38O11. The fraction of sp³-hybridized carbons (Fsp3) is 0.724. The van der Waals surface area contributed by atoms with Gasteiger partial charge in [0.05, 0.1) is 49.1 Å². The summed E-state index contributed by atoms with van der Waals surface area (Å²) in [4.78, 5) is 26.1. The minimum atomic E-state index is -1.12. The van der Waals surface area contributed by atoms with Gasteiger partial charge in [-0.25, -0.2) is 9.59 Å². The van der Waals surface area contributed by atoms with Crippen LogP contribution in [0.5, 0.6) is 0 Å². The summed E-state index contributed by atoms with van der Waals surface area (Å²) >= 11 is 0. The molecule has 2 spiro atoms. The van der Waals surface area contributed by atoms with Gasteiger partial charge in [-0.1, -0.05) is 25.2 Å². The standard InChI is InChI=1S/C29H38O11/c1-15-9-23(34)36-13-28-11-19(32)26(3)24(40-26)25(28)39-21-10-20(27(28,4)29(21)14-37-29)38-22(33)8-6-5-7-18(16(2)30)35-12-17(15)31/h5-9,16-21,24-25,30-32H,10-14H2,1-4H3. The Morgan fingerprint density at radius 2 is 1.80 bits per heavy atom. The van der Waals surface area contributed by atoms with E-state index in [4.69, 9.17) is 28.4 Å². The first-order chi connectivity index (χ1) is 18.9. The number of hydrogen-bond donors (Lipinski definition) is 3. The molecule has 6 aliphatic rings. The second kappa shape index (κ2) is 9.45. The highest BCUT2D eigenvalue weighted by molar-refractivity contribution is 5.83. The summed E-state index contributed by atoms with van der Waals surface area (Å²) in [6, 6.07) is 0. The van der Waals surface area contributed by atoms with Gasteiger partial charge in [0, 0.05) is 24.0 Å². The summed E-state index contributed by atoms with van der Waals surface area (Å²) in [6.45, 7) is 7.05. The third kappa shape index (κ3) is 3.97. The van der Waals surface area contributed by atoms with Gasteiger partial charge in [0.15, 0.2) is 0 Å². The fourth-order valence-corrected chi connectivity index (χ4v) is 7.57. The van der Waals surface area contributed by atoms with Crippen LogP contribution in [0.4, 0.5) is 0 Å². The third-order valence-corrected chi connectivity index (χ3v) is 10.4. The van der Waals surface area contributed by atoms with Gasteiger partial charge in [0.1, 0.15) is 36.1 Å². The van der Waals surface area contributed by atoms with Crippen LogP contribution in [0.15, 0.2) is 36.0 Å². The molecule has 6 rings (SSSR count). The largest absolute Gasteiger partial charge is 0.462 e. The molecular weight excluding hydrogens is 524 g/mol. The van der Waals surface area contributed by atoms with E-state index in [2.05, 4.69) is 0 Å². The van der Waals surface area contributed by atoms with Gasteiger partial charge < -0.3 is 43.7 Å². The number of carbonyl (C=O) groups excluding carboxylic acids is 2. The van der Waals surface area contributed by atoms with Gasteiger partial charge in [0.2, 0.25) is 0 Å². The molecule has 0 radical (unpaired) electrons. The third-order valence-electron chi connectivity index (χ3n) is 10.4. The summed E-state index contributed by atoms with van der Waals surface area (Å²) in [6.07, 6.45) is 2.16. The Morgan fingerprint density at radius 1 is 1.05 bits per heavy atom. The number of aliphatic hydroxyl groups is 3. The first-order valence-corrected chi connectivity index (χ1v) is 13.9. The molecule has 4 heterocycles. The van der Waals surface area contributed by atoms with Crippen LogP contribution in [-0.2, 0) is 38.0 Å². The number of cyclic esters (lactones) is 1. The molecule has 2 aliphatic carbocycles. The smallest absolute Gasteiger partial charge is 0.331 e. The van der Waals surface area contributed by atoms with E-state index in [0.717, 1.165) is 0 Å². The number of esters is 2. The molecule has 2 bridgehead atoms. The summed E-state index contributed by atoms with van der Waals surface area (Å²) in [5.41, 5.74) is -3.03. The normalized spacial score (nSPS) is 51.0. The van der Waals surface area contributed by atoms with Crippen molar-refractivity contribution in [1.82, 2.24) is 0 Å². The average Bonchev–Trinajstić information content (AvgIpc) is 3.80. The minimum Gasteiger partial charge on any atom is -0.462 e. The minimum absolute atomic E-state index is 0.134. The SMILES string of the molecule is CC1=CC(=O)OCC23CC(O)C4(C)OC4C2OC2CC(OC(=O)C=CC=CC(C(C)O)OCC1O)C3(C)C21CO1. The zero-order valence-corrected chi connectivity index (χ0v) is 23.1. The lowest BCUT2D eigenvalue weighted by Crippen LogP contribution is -2.71. The first-order valence-electron chi connectivity index (χ1n) is 13.9. The quantitative estimate of drug-likeness (QED) is 0.302. The predicted molar refractivity (Wildman–Crippen MR) is 137 cm³/mol. The second-order valence-electron chi connectivity index (χ2n) is 12.5. The monoisotopic (exact) mass is 562 g/mol. The molecule has 220 valence electrons. The van der Waals surface area contributed by atoms with E-state index in [0.29, 0.717) is 18.6 Å². The first kappa shape index (κ1) is 28.0. The van der Waals surface area contributed by atoms with Gasteiger partial charge in [-0.05, 0) is 32.8 Å². The second-order valence-corrected chi connectivity index (χ2v) is 12.5. The molecule has 12 unspecified atom stereocenters. The van der Waals surface area contributed by atoms with Crippen molar-refractivity contribution in [2.24, 2.45) is 10.8 Å². The summed E-state index contributed by atoms with van der Waals surface area (Å²) in [7, 11) is 0. The van der Waals surface area contributed by atoms with E-state index in [1.54, 1.807) is 26.0 Å². The maximum absolute atomic E-state index is 13.1. The number of fused-ring (bicyclic) bond motifs is 2. The Hall–Kier alpha value is -2.12. The van der Waals surface area contributed by atoms with Gasteiger partial charge in [-0.15, -0.1) is 0 Å². The van der Waals surface area contributed by atoms with E-state index in [9.17, 15) is 24.9 Å². The number of epoxide rings is 2. The van der Waals surface area contributed by atoms with Crippen molar-refractivity contribution in [2.75, 3.05) is 19.8 Å². The van der Waals surface area contributed by atoms with Crippen LogP contribution in [0.25, 0.3) is 0 Å². The summed E-state index contributed by atoms with van der Waals surface area (Å²) in [5.74, 6) is -1.25. The van der Waals surface area contributed by atoms with Gasteiger partial charge >= 0.3 is 11.9 Å². The molecule has 11 nitrogen and oxygen atoms in total. The Balaban J connectivity index is 1.39. The van der Waals surface area contributed by atoms with Crippen LogP contribution in [-0.4, -0.2) is 107 Å². The number of allylic oxidation sites excluding steroid dienone is 2. The highest BCUT2D eigenvalue weighted by Crippen LogP contribution is 2.75. The maximum Gasteiger partial charge on any atom is 0.331 e. The highest BCUT2D eigenvalue weighted by atomic mass is 16.7. The Morgan fingerprint density at radius 3 is 2.50 bits per heavy atom. The van der Waals surface area contributed by atoms with Crippen molar-refractivity contribution in [1.29, 1.82) is 0 Å². The maximum atomic E-state index is 13.1. The lowest BCUT2D eigenvalue weighted by Gasteiger charge is -2.59. The van der Waals surface area contributed by atoms with Crippen LogP contribution >= 0.6 is 0 Å². The van der Waals surface area contributed by atoms with Crippen molar-refractivity contribution in [2.45, 2.75) is 101 Å². The topological polar surface area (TPSA) is 157 Å². The number of hydrogen-bond acceptors (Lipinski definition) is 11. The molecule has 4 aliphatic heterocycles. The van der Waals surface area contributed by atoms with E-state index in [1.165, 1.54) is 18.2 Å². The fourth-order valence-electron chi connectivity index (χ4n) is 7.57. The number of rotatable bonds is 1. The van der Waals surface area contributed by atoms with E-state index >= 15 is 0 Å². The van der Waals surface area contributed by atoms with Crippen LogP contribution in [0, 0.1) is 10.8 Å². The van der Waals surface area contributed by atoms with Crippen LogP contribution in [0.3, 0.4) is 0 Å². The highest BCUT2D eigenvalue weighted by Gasteiger charge is 2.87. The van der Waals surface area contributed by atoms with Crippen molar-refractivity contribution < 1.29 is 53.3 Å². The molecule has 5 fully saturated rings. The molecule has 0 aromatic carbocycles. The van der Waals surface area contributed by atoms with Crippen molar-refractivity contribution >= 4 is 11.9 Å². The summed E-state index contributed by atoms with van der Waals surface area (Å²) < 4.78 is 36.3. The zero-order valence-electron chi connectivity index (χ0n) is 23.1. The van der Waals surface area contributed by atoms with Gasteiger partial charge in [0.25, 0.3) is 0 Å². The van der Waals surface area contributed by atoms with E-state index in [-0.39, 0.29) is 25.7 Å². The Kier molecular flexibility index (Phi) is 6.62. The van der Waals surface area contributed by atoms with E-state index < -0.39 is 76.7 Å². The van der Waals surface area contributed by atoms with Gasteiger partial charge in [-0.2, -0.15) is 0 Å². The predicted octanol–water partition coefficient (Wildman–Crippen LogP) is 0.496. The van der Waals surface area contributed by atoms with Crippen molar-refractivity contribution in [3.63, 3.8) is 0 Å². The van der Waals surface area contributed by atoms with Crippen LogP contribution in [0.2, 0.25) is 0 Å². The Bertz CT molecular complexity index is 1160. The number of aliphatic hydroxyl groups excluding tert-OH is 3. The van der Waals surface area contributed by atoms with Gasteiger partial charge in [-0.3, -0.25) is 0 Å². The molecule has 40 heavy (non-hydrogen) atoms. The molecule has 12 atom stereocenters. The Labute approximate surface area is 232 Å². The number of ether oxygens (including phenoxy) is 6. The van der Waals surface area contributed by atoms with Crippen LogP contribution < -0.4 is 0 Å². The summed E-state index contributed by atoms with van der Waals surface area (Å²) in [5, 5.41) is 31.9. The van der Waals surface area contributed by atoms with Crippen molar-refractivity contribution in [3.05, 3.63) is 36.0 Å². The number of carbonyl (C=O) groups is 2. The molecule has 3 saturated heterocycles. The molecule has 2 saturated carbocycles. The molecule has 3 N–H and O–H groups in total. The molecule has 11 heteroatoms. The lowest BCUT2D eigenvalue weighted by molar-refractivity contribution is -0.259. The molecule has 0 aromatic rings. The average molecular weight is 563 g/mol. The van der Waals surface area contributed by atoms with E-state index in [1.807, 2.05) is 13.8 Å². The lowest BCUT2D eigenvalue weighted by atomic mass is 9.49. The molecule has 0 amide bonds. The molecule has 0 aromatic heterocycles. The zero-order chi connectivity index (χ0) is 28.7. The van der Waals surface area contributed by atoms with Crippen molar-refractivity contribution in [3.8, 4) is 0 Å².